The first-order valence-electron chi connectivity index (χ1n) is 6.36. The minimum Gasteiger partial charge on any atom is -0.481 e. The van der Waals surface area contributed by atoms with Crippen LogP contribution in [0.3, 0.4) is 0 Å². The molecule has 0 aliphatic heterocycles. The molecule has 5 heteroatoms. The number of hydrogen-bond donors (Lipinski definition) is 1. The number of nitrogens with zero attached hydrogens (tertiary/aromatic N) is 2. The topological polar surface area (TPSA) is 66.6 Å². The minimum absolute atomic E-state index is 0.232. The highest BCUT2D eigenvalue weighted by atomic mass is 16.4. The lowest BCUT2D eigenvalue weighted by Crippen LogP contribution is -2.18. The molecule has 0 fully saturated rings. The zero-order chi connectivity index (χ0) is 13.8. The van der Waals surface area contributed by atoms with E-state index in [2.05, 4.69) is 9.88 Å². The van der Waals surface area contributed by atoms with Gasteiger partial charge in [0.15, 0.2) is 11.5 Å². The van der Waals surface area contributed by atoms with Gasteiger partial charge in [-0.1, -0.05) is 0 Å². The maximum atomic E-state index is 10.4. The van der Waals surface area contributed by atoms with Gasteiger partial charge in [-0.05, 0) is 31.0 Å². The van der Waals surface area contributed by atoms with Crippen molar-refractivity contribution in [1.82, 2.24) is 4.98 Å². The molecule has 0 saturated carbocycles. The van der Waals surface area contributed by atoms with Gasteiger partial charge < -0.3 is 14.4 Å². The van der Waals surface area contributed by atoms with Crippen molar-refractivity contribution in [3.63, 3.8) is 0 Å². The molecule has 1 heterocycles. The predicted octanol–water partition coefficient (Wildman–Crippen LogP) is 2.83. The number of fused-ring (bicyclic) bond motifs is 1. The smallest absolute Gasteiger partial charge is 0.303 e. The van der Waals surface area contributed by atoms with Crippen LogP contribution in [0.25, 0.3) is 11.1 Å². The second-order valence-electron chi connectivity index (χ2n) is 4.66. The van der Waals surface area contributed by atoms with Gasteiger partial charge in [0, 0.05) is 32.6 Å². The third-order valence-electron chi connectivity index (χ3n) is 3.05. The van der Waals surface area contributed by atoms with Crippen LogP contribution in [0.1, 0.15) is 25.2 Å². The van der Waals surface area contributed by atoms with Gasteiger partial charge in [-0.25, -0.2) is 4.98 Å². The van der Waals surface area contributed by atoms with Crippen molar-refractivity contribution in [2.75, 3.05) is 18.5 Å². The van der Waals surface area contributed by atoms with Gasteiger partial charge in [0.2, 0.25) is 0 Å². The van der Waals surface area contributed by atoms with Gasteiger partial charge in [0.1, 0.15) is 5.52 Å². The fraction of sp³-hybridized carbons (Fsp3) is 0.429. The lowest BCUT2D eigenvalue weighted by Gasteiger charge is -2.18. The molecule has 0 radical (unpaired) electrons. The first-order valence-corrected chi connectivity index (χ1v) is 6.36. The molecule has 1 aromatic heterocycles. The normalized spacial score (nSPS) is 10.8. The Morgan fingerprint density at radius 3 is 2.95 bits per heavy atom. The summed E-state index contributed by atoms with van der Waals surface area (Å²) in [5.74, 6) is -0.0709. The molecule has 102 valence electrons. The molecule has 0 aliphatic carbocycles. The summed E-state index contributed by atoms with van der Waals surface area (Å²) in [7, 11) is 1.99. The Hall–Kier alpha value is -2.04. The van der Waals surface area contributed by atoms with Crippen molar-refractivity contribution < 1.29 is 14.3 Å². The van der Waals surface area contributed by atoms with Crippen LogP contribution >= 0.6 is 0 Å². The number of unbranched alkanes of at least 4 members (excludes halogenated alkanes) is 1. The fourth-order valence-corrected chi connectivity index (χ4v) is 2.02. The second-order valence-corrected chi connectivity index (χ2v) is 4.66. The summed E-state index contributed by atoms with van der Waals surface area (Å²) in [4.78, 5) is 16.8. The van der Waals surface area contributed by atoms with Crippen molar-refractivity contribution in [3.8, 4) is 0 Å². The van der Waals surface area contributed by atoms with Gasteiger partial charge in [0.05, 0.1) is 0 Å². The highest BCUT2D eigenvalue weighted by Gasteiger charge is 2.06. The summed E-state index contributed by atoms with van der Waals surface area (Å²) in [5.41, 5.74) is 2.71. The van der Waals surface area contributed by atoms with Crippen molar-refractivity contribution in [1.29, 1.82) is 0 Å². The Bertz CT molecular complexity index is 577. The predicted molar refractivity (Wildman–Crippen MR) is 73.5 cm³/mol. The molecule has 1 aromatic carbocycles. The first kappa shape index (κ1) is 13.4. The molecular weight excluding hydrogens is 244 g/mol. The van der Waals surface area contributed by atoms with Crippen LogP contribution in [0.5, 0.6) is 0 Å². The quantitative estimate of drug-likeness (QED) is 0.811. The molecule has 0 bridgehead atoms. The van der Waals surface area contributed by atoms with E-state index in [1.807, 2.05) is 32.2 Å². The number of benzene rings is 1. The standard InChI is InChI=1S/C14H18N2O3/c1-10-15-12-9-11(6-7-13(12)19-10)16(2)8-4-3-5-14(17)18/h6-7,9H,3-5,8H2,1-2H3,(H,17,18). The summed E-state index contributed by atoms with van der Waals surface area (Å²) in [5, 5.41) is 8.58. The van der Waals surface area contributed by atoms with Crippen LogP contribution in [0.15, 0.2) is 22.6 Å². The molecule has 2 aromatic rings. The Morgan fingerprint density at radius 2 is 2.21 bits per heavy atom. The SMILES string of the molecule is Cc1nc2cc(N(C)CCCCC(=O)O)ccc2o1. The van der Waals surface area contributed by atoms with E-state index in [0.717, 1.165) is 29.8 Å². The van der Waals surface area contributed by atoms with Gasteiger partial charge in [0.25, 0.3) is 0 Å². The molecular formula is C14H18N2O3. The molecule has 5 nitrogen and oxygen atoms in total. The van der Waals surface area contributed by atoms with Gasteiger partial charge in [-0.3, -0.25) is 4.79 Å². The second kappa shape index (κ2) is 5.73. The lowest BCUT2D eigenvalue weighted by atomic mass is 10.2. The molecule has 19 heavy (non-hydrogen) atoms. The molecule has 0 unspecified atom stereocenters. The number of carboxylic acid groups (broad SMARTS) is 1. The highest BCUT2D eigenvalue weighted by molar-refractivity contribution is 5.77. The van der Waals surface area contributed by atoms with Crippen molar-refractivity contribution in [3.05, 3.63) is 24.1 Å². The molecule has 0 amide bonds. The Morgan fingerprint density at radius 1 is 1.42 bits per heavy atom. The summed E-state index contributed by atoms with van der Waals surface area (Å²) in [6.07, 6.45) is 1.79. The highest BCUT2D eigenvalue weighted by Crippen LogP contribution is 2.22. The molecule has 0 spiro atoms. The van der Waals surface area contributed by atoms with Crippen LogP contribution in [-0.2, 0) is 4.79 Å². The number of carbonyl (C=O) groups is 1. The van der Waals surface area contributed by atoms with Crippen LogP contribution < -0.4 is 4.90 Å². The number of aliphatic carboxylic acids is 1. The van der Waals surface area contributed by atoms with Crippen LogP contribution in [0.2, 0.25) is 0 Å². The Kier molecular flexibility index (Phi) is 4.04. The molecule has 2 rings (SSSR count). The number of anilines is 1. The number of hydrogen-bond acceptors (Lipinski definition) is 4. The third-order valence-corrected chi connectivity index (χ3v) is 3.05. The Balaban J connectivity index is 1.96. The van der Waals surface area contributed by atoms with E-state index in [1.54, 1.807) is 0 Å². The molecule has 0 saturated heterocycles. The minimum atomic E-state index is -0.734. The zero-order valence-electron chi connectivity index (χ0n) is 11.2. The third kappa shape index (κ3) is 3.47. The van der Waals surface area contributed by atoms with Gasteiger partial charge >= 0.3 is 5.97 Å². The lowest BCUT2D eigenvalue weighted by molar-refractivity contribution is -0.137. The van der Waals surface area contributed by atoms with Crippen molar-refractivity contribution in [2.24, 2.45) is 0 Å². The summed E-state index contributed by atoms with van der Waals surface area (Å²) >= 11 is 0. The van der Waals surface area contributed by atoms with E-state index < -0.39 is 5.97 Å². The Labute approximate surface area is 111 Å². The summed E-state index contributed by atoms with van der Waals surface area (Å²) in [6, 6.07) is 5.89. The zero-order valence-corrected chi connectivity index (χ0v) is 11.2. The number of aromatic nitrogens is 1. The molecule has 1 N–H and O–H groups in total. The summed E-state index contributed by atoms with van der Waals surface area (Å²) < 4.78 is 5.43. The van der Waals surface area contributed by atoms with Crippen LogP contribution in [0.4, 0.5) is 5.69 Å². The van der Waals surface area contributed by atoms with E-state index in [-0.39, 0.29) is 6.42 Å². The van der Waals surface area contributed by atoms with Crippen LogP contribution in [0, 0.1) is 6.92 Å². The average Bonchev–Trinajstić information content (AvgIpc) is 2.73. The van der Waals surface area contributed by atoms with E-state index >= 15 is 0 Å². The largest absolute Gasteiger partial charge is 0.481 e. The monoisotopic (exact) mass is 262 g/mol. The number of rotatable bonds is 6. The fourth-order valence-electron chi connectivity index (χ4n) is 2.02. The van der Waals surface area contributed by atoms with E-state index in [9.17, 15) is 4.79 Å². The number of carboxylic acids is 1. The van der Waals surface area contributed by atoms with E-state index in [4.69, 9.17) is 9.52 Å². The first-order chi connectivity index (χ1) is 9.06. The van der Waals surface area contributed by atoms with Crippen LogP contribution in [-0.4, -0.2) is 29.7 Å². The molecule has 0 atom stereocenters. The van der Waals surface area contributed by atoms with Crippen molar-refractivity contribution in [2.45, 2.75) is 26.2 Å². The van der Waals surface area contributed by atoms with E-state index in [0.29, 0.717) is 12.3 Å². The number of aryl methyl sites for hydroxylation is 1. The summed E-state index contributed by atoms with van der Waals surface area (Å²) in [6.45, 7) is 2.66. The van der Waals surface area contributed by atoms with Crippen molar-refractivity contribution >= 4 is 22.8 Å². The maximum absolute atomic E-state index is 10.4. The maximum Gasteiger partial charge on any atom is 0.303 e. The molecule has 0 aliphatic rings. The average molecular weight is 262 g/mol. The van der Waals surface area contributed by atoms with Gasteiger partial charge in [-0.2, -0.15) is 0 Å². The van der Waals surface area contributed by atoms with Gasteiger partial charge in [-0.15, -0.1) is 0 Å². The van der Waals surface area contributed by atoms with E-state index in [1.165, 1.54) is 0 Å². The number of oxazole rings is 1.